The highest BCUT2D eigenvalue weighted by atomic mass is 32.2. The minimum absolute atomic E-state index is 0.171. The van der Waals surface area contributed by atoms with Crippen LogP contribution in [0.1, 0.15) is 25.0 Å². The molecule has 3 aromatic carbocycles. The van der Waals surface area contributed by atoms with Crippen LogP contribution in [0.5, 0.6) is 5.75 Å². The second-order valence-electron chi connectivity index (χ2n) is 8.47. The first-order valence-electron chi connectivity index (χ1n) is 12.2. The Hall–Kier alpha value is -4.45. The fourth-order valence-electron chi connectivity index (χ4n) is 3.84. The smallest absolute Gasteiger partial charge is 0.273 e. The number of nitrogens with one attached hydrogen (secondary N) is 1. The lowest BCUT2D eigenvalue weighted by Crippen LogP contribution is -2.39. The molecule has 0 saturated carbocycles. The van der Waals surface area contributed by atoms with E-state index in [-0.39, 0.29) is 16.3 Å². The highest BCUT2D eigenvalue weighted by Crippen LogP contribution is 2.29. The molecule has 0 radical (unpaired) electrons. The Morgan fingerprint density at radius 3 is 2.21 bits per heavy atom. The number of methoxy groups -OCH3 is 1. The first-order chi connectivity index (χ1) is 18.6. The molecule has 0 unspecified atom stereocenters. The summed E-state index contributed by atoms with van der Waals surface area (Å²) in [5.74, 6) is -0.213. The highest BCUT2D eigenvalue weighted by molar-refractivity contribution is 7.92. The molecule has 1 N–H and O–H groups in total. The fraction of sp³-hybridized carbons (Fsp3) is 0.259. The van der Waals surface area contributed by atoms with Gasteiger partial charge < -0.3 is 9.64 Å². The van der Waals surface area contributed by atoms with Crippen LogP contribution in [0, 0.1) is 17.0 Å². The normalized spacial score (nSPS) is 11.3. The molecule has 0 aliphatic rings. The summed E-state index contributed by atoms with van der Waals surface area (Å²) < 4.78 is 33.2. The summed E-state index contributed by atoms with van der Waals surface area (Å²) in [6.07, 6.45) is 1.46. The van der Waals surface area contributed by atoms with E-state index in [2.05, 4.69) is 29.3 Å². The van der Waals surface area contributed by atoms with Gasteiger partial charge in [0.05, 0.1) is 28.8 Å². The number of anilines is 2. The zero-order chi connectivity index (χ0) is 28.6. The van der Waals surface area contributed by atoms with Crippen molar-refractivity contribution in [3.63, 3.8) is 0 Å². The molecule has 3 rings (SSSR count). The molecule has 39 heavy (non-hydrogen) atoms. The van der Waals surface area contributed by atoms with Crippen molar-refractivity contribution in [1.82, 2.24) is 5.43 Å². The van der Waals surface area contributed by atoms with Gasteiger partial charge in [-0.25, -0.2) is 13.8 Å². The topological polar surface area (TPSA) is 134 Å². The molecule has 0 saturated heterocycles. The van der Waals surface area contributed by atoms with Crippen molar-refractivity contribution in [3.05, 3.63) is 88.0 Å². The predicted molar refractivity (Wildman–Crippen MR) is 151 cm³/mol. The number of amides is 1. The average molecular weight is 554 g/mol. The number of nitro groups is 1. The molecule has 0 fully saturated rings. The maximum absolute atomic E-state index is 13.6. The van der Waals surface area contributed by atoms with Crippen molar-refractivity contribution >= 4 is 39.2 Å². The monoisotopic (exact) mass is 553 g/mol. The number of benzene rings is 3. The van der Waals surface area contributed by atoms with Crippen LogP contribution in [-0.2, 0) is 14.8 Å². The van der Waals surface area contributed by atoms with Gasteiger partial charge in [0.25, 0.3) is 21.6 Å². The molecule has 0 aromatic heterocycles. The molecule has 0 heterocycles. The van der Waals surface area contributed by atoms with E-state index in [0.29, 0.717) is 11.3 Å². The van der Waals surface area contributed by atoms with Gasteiger partial charge in [-0.15, -0.1) is 0 Å². The number of rotatable bonds is 12. The lowest BCUT2D eigenvalue weighted by Gasteiger charge is -2.24. The molecule has 3 aromatic rings. The number of ether oxygens (including phenoxy) is 1. The molecule has 11 nitrogen and oxygen atoms in total. The van der Waals surface area contributed by atoms with Crippen LogP contribution in [-0.4, -0.2) is 52.2 Å². The van der Waals surface area contributed by atoms with Crippen LogP contribution < -0.4 is 19.4 Å². The third-order valence-electron chi connectivity index (χ3n) is 6.04. The van der Waals surface area contributed by atoms with Gasteiger partial charge in [-0.2, -0.15) is 5.10 Å². The predicted octanol–water partition coefficient (Wildman–Crippen LogP) is 4.10. The molecule has 0 spiro atoms. The van der Waals surface area contributed by atoms with Gasteiger partial charge in [0, 0.05) is 30.4 Å². The average Bonchev–Trinajstić information content (AvgIpc) is 2.93. The zero-order valence-electron chi connectivity index (χ0n) is 22.2. The van der Waals surface area contributed by atoms with Gasteiger partial charge in [0.15, 0.2) is 0 Å². The lowest BCUT2D eigenvalue weighted by molar-refractivity contribution is -0.385. The number of hydrogen-bond acceptors (Lipinski definition) is 8. The van der Waals surface area contributed by atoms with Crippen molar-refractivity contribution in [2.45, 2.75) is 25.7 Å². The second kappa shape index (κ2) is 12.9. The third-order valence-corrected chi connectivity index (χ3v) is 7.81. The molecular formula is C27H31N5O6S. The number of carbonyl (C=O) groups is 1. The molecule has 0 aliphatic carbocycles. The number of aryl methyl sites for hydroxylation is 1. The van der Waals surface area contributed by atoms with E-state index in [0.717, 1.165) is 34.7 Å². The Balaban J connectivity index is 1.84. The summed E-state index contributed by atoms with van der Waals surface area (Å²) in [6, 6.07) is 17.3. The van der Waals surface area contributed by atoms with Gasteiger partial charge in [-0.3, -0.25) is 19.2 Å². The number of hydrogen-bond donors (Lipinski definition) is 1. The number of sulfonamides is 1. The molecule has 0 atom stereocenters. The summed E-state index contributed by atoms with van der Waals surface area (Å²) in [5.41, 5.74) is 4.32. The van der Waals surface area contributed by atoms with Crippen molar-refractivity contribution in [1.29, 1.82) is 0 Å². The Labute approximate surface area is 227 Å². The van der Waals surface area contributed by atoms with Crippen LogP contribution >= 0.6 is 0 Å². The Kier molecular flexibility index (Phi) is 9.61. The Bertz CT molecular complexity index is 1440. The minimum Gasteiger partial charge on any atom is -0.497 e. The first-order valence-corrected chi connectivity index (χ1v) is 13.6. The van der Waals surface area contributed by atoms with Crippen LogP contribution in [0.3, 0.4) is 0 Å². The second-order valence-corrected chi connectivity index (χ2v) is 10.3. The van der Waals surface area contributed by atoms with Crippen molar-refractivity contribution in [2.24, 2.45) is 5.10 Å². The first kappa shape index (κ1) is 29.1. The maximum Gasteiger partial charge on any atom is 0.273 e. The summed E-state index contributed by atoms with van der Waals surface area (Å²) in [6.45, 7) is 6.80. The number of nitro benzene ring substituents is 1. The van der Waals surface area contributed by atoms with E-state index in [1.54, 1.807) is 12.1 Å². The van der Waals surface area contributed by atoms with E-state index < -0.39 is 27.4 Å². The lowest BCUT2D eigenvalue weighted by atomic mass is 10.2. The Morgan fingerprint density at radius 2 is 1.64 bits per heavy atom. The standard InChI is InChI=1S/C27H31N5O6S/c1-5-30(6-2)22-10-8-21(9-11-22)18-28-29-27(33)19-31(23-12-14-24(38-4)15-13-23)39(36,37)25-16-7-20(3)26(17-25)32(34)35/h7-18H,5-6,19H2,1-4H3,(H,29,33)/b28-18-. The summed E-state index contributed by atoms with van der Waals surface area (Å²) >= 11 is 0. The summed E-state index contributed by atoms with van der Waals surface area (Å²) in [4.78, 5) is 25.4. The quantitative estimate of drug-likeness (QED) is 0.203. The number of carbonyl (C=O) groups excluding carboxylic acids is 1. The number of hydrazone groups is 1. The summed E-state index contributed by atoms with van der Waals surface area (Å²) in [5, 5.41) is 15.4. The van der Waals surface area contributed by atoms with E-state index in [4.69, 9.17) is 4.74 Å². The Morgan fingerprint density at radius 1 is 1.03 bits per heavy atom. The molecule has 1 amide bonds. The van der Waals surface area contributed by atoms with Crippen molar-refractivity contribution in [3.8, 4) is 5.75 Å². The van der Waals surface area contributed by atoms with Gasteiger partial charge in [-0.1, -0.05) is 18.2 Å². The molecule has 12 heteroatoms. The van der Waals surface area contributed by atoms with Gasteiger partial charge in [0.2, 0.25) is 0 Å². The van der Waals surface area contributed by atoms with E-state index in [9.17, 15) is 23.3 Å². The fourth-order valence-corrected chi connectivity index (χ4v) is 5.28. The molecular weight excluding hydrogens is 522 g/mol. The van der Waals surface area contributed by atoms with Crippen LogP contribution in [0.2, 0.25) is 0 Å². The van der Waals surface area contributed by atoms with E-state index >= 15 is 0 Å². The SMILES string of the molecule is CCN(CC)c1ccc(/C=N\NC(=O)CN(c2ccc(OC)cc2)S(=O)(=O)c2ccc(C)c([N+](=O)[O-])c2)cc1. The van der Waals surface area contributed by atoms with Crippen molar-refractivity contribution in [2.75, 3.05) is 35.9 Å². The summed E-state index contributed by atoms with van der Waals surface area (Å²) in [7, 11) is -2.90. The molecule has 0 bridgehead atoms. The van der Waals surface area contributed by atoms with Crippen LogP contribution in [0.4, 0.5) is 17.1 Å². The molecule has 206 valence electrons. The van der Waals surface area contributed by atoms with Gasteiger partial charge in [-0.05, 0) is 68.8 Å². The van der Waals surface area contributed by atoms with Crippen molar-refractivity contribution < 1.29 is 22.9 Å². The third kappa shape index (κ3) is 7.11. The molecule has 0 aliphatic heterocycles. The maximum atomic E-state index is 13.6. The number of nitrogens with zero attached hydrogens (tertiary/aromatic N) is 4. The minimum atomic E-state index is -4.37. The highest BCUT2D eigenvalue weighted by Gasteiger charge is 2.29. The van der Waals surface area contributed by atoms with Gasteiger partial charge in [0.1, 0.15) is 12.3 Å². The van der Waals surface area contributed by atoms with Gasteiger partial charge >= 0.3 is 0 Å². The zero-order valence-corrected chi connectivity index (χ0v) is 23.0. The largest absolute Gasteiger partial charge is 0.497 e. The van der Waals surface area contributed by atoms with E-state index in [1.165, 1.54) is 44.5 Å². The van der Waals surface area contributed by atoms with Crippen LogP contribution in [0.15, 0.2) is 76.7 Å². The van der Waals surface area contributed by atoms with E-state index in [1.807, 2.05) is 24.3 Å². The van der Waals surface area contributed by atoms with Crippen LogP contribution in [0.25, 0.3) is 0 Å².